The fourth-order valence-electron chi connectivity index (χ4n) is 0.744. The SMILES string of the molecule is CCOc1ccc(S(=O)(=O)Cl)cn1. The molecule has 4 nitrogen and oxygen atoms in total. The fourth-order valence-corrected chi connectivity index (χ4v) is 1.43. The van der Waals surface area contributed by atoms with Gasteiger partial charge in [0, 0.05) is 16.7 Å². The van der Waals surface area contributed by atoms with E-state index in [9.17, 15) is 8.42 Å². The maximum absolute atomic E-state index is 10.8. The van der Waals surface area contributed by atoms with Gasteiger partial charge in [-0.1, -0.05) is 0 Å². The van der Waals surface area contributed by atoms with Crippen LogP contribution in [0.3, 0.4) is 0 Å². The molecule has 1 heterocycles. The van der Waals surface area contributed by atoms with E-state index in [1.807, 2.05) is 6.92 Å². The first-order chi connectivity index (χ1) is 6.04. The predicted octanol–water partition coefficient (Wildman–Crippen LogP) is 1.41. The van der Waals surface area contributed by atoms with Crippen molar-refractivity contribution < 1.29 is 13.2 Å². The van der Waals surface area contributed by atoms with Crippen LogP contribution >= 0.6 is 10.7 Å². The summed E-state index contributed by atoms with van der Waals surface area (Å²) in [5.74, 6) is 0.381. The zero-order chi connectivity index (χ0) is 9.90. The summed E-state index contributed by atoms with van der Waals surface area (Å²) < 4.78 is 26.6. The van der Waals surface area contributed by atoms with E-state index in [-0.39, 0.29) is 4.90 Å². The normalized spacial score (nSPS) is 11.2. The van der Waals surface area contributed by atoms with Crippen LogP contribution in [-0.2, 0) is 9.05 Å². The van der Waals surface area contributed by atoms with Crippen molar-refractivity contribution in [3.8, 4) is 5.88 Å². The van der Waals surface area contributed by atoms with Crippen LogP contribution in [0.1, 0.15) is 6.92 Å². The lowest BCUT2D eigenvalue weighted by molar-refractivity contribution is 0.326. The molecule has 0 aromatic carbocycles. The van der Waals surface area contributed by atoms with E-state index in [1.165, 1.54) is 12.1 Å². The number of aromatic nitrogens is 1. The van der Waals surface area contributed by atoms with Gasteiger partial charge in [0.05, 0.1) is 12.8 Å². The second-order valence-electron chi connectivity index (χ2n) is 2.20. The molecule has 1 aromatic heterocycles. The minimum absolute atomic E-state index is 0.0300. The van der Waals surface area contributed by atoms with Crippen molar-refractivity contribution in [3.63, 3.8) is 0 Å². The third-order valence-corrected chi connectivity index (χ3v) is 2.62. The number of rotatable bonds is 3. The van der Waals surface area contributed by atoms with Crippen molar-refractivity contribution in [2.45, 2.75) is 11.8 Å². The van der Waals surface area contributed by atoms with Gasteiger partial charge in [-0.05, 0) is 13.0 Å². The standard InChI is InChI=1S/C7H8ClNO3S/c1-2-12-7-4-3-6(5-9-7)13(8,10)11/h3-5H,2H2,1H3. The first-order valence-electron chi connectivity index (χ1n) is 3.57. The topological polar surface area (TPSA) is 56.3 Å². The third-order valence-electron chi connectivity index (χ3n) is 1.28. The van der Waals surface area contributed by atoms with Gasteiger partial charge in [0.15, 0.2) is 0 Å². The monoisotopic (exact) mass is 221 g/mol. The Labute approximate surface area is 80.9 Å². The molecule has 0 N–H and O–H groups in total. The van der Waals surface area contributed by atoms with E-state index in [4.69, 9.17) is 15.4 Å². The Morgan fingerprint density at radius 1 is 1.54 bits per heavy atom. The van der Waals surface area contributed by atoms with E-state index in [1.54, 1.807) is 0 Å². The van der Waals surface area contributed by atoms with Gasteiger partial charge in [0.2, 0.25) is 5.88 Å². The number of ether oxygens (including phenoxy) is 1. The molecule has 0 aliphatic rings. The largest absolute Gasteiger partial charge is 0.478 e. The van der Waals surface area contributed by atoms with Crippen molar-refractivity contribution >= 4 is 19.7 Å². The van der Waals surface area contributed by atoms with Gasteiger partial charge in [0.1, 0.15) is 4.90 Å². The Morgan fingerprint density at radius 3 is 2.62 bits per heavy atom. The molecule has 0 amide bonds. The lowest BCUT2D eigenvalue weighted by Crippen LogP contribution is -1.96. The van der Waals surface area contributed by atoms with Crippen LogP contribution in [0, 0.1) is 0 Å². The lowest BCUT2D eigenvalue weighted by Gasteiger charge is -2.00. The third kappa shape index (κ3) is 2.86. The lowest BCUT2D eigenvalue weighted by atomic mass is 10.5. The fraction of sp³-hybridized carbons (Fsp3) is 0.286. The summed E-state index contributed by atoms with van der Waals surface area (Å²) in [4.78, 5) is 3.72. The van der Waals surface area contributed by atoms with Gasteiger partial charge < -0.3 is 4.74 Å². The highest BCUT2D eigenvalue weighted by molar-refractivity contribution is 8.13. The van der Waals surface area contributed by atoms with Crippen molar-refractivity contribution in [1.82, 2.24) is 4.98 Å². The molecule has 6 heteroatoms. The Hall–Kier alpha value is -0.810. The van der Waals surface area contributed by atoms with Crippen LogP contribution in [0.25, 0.3) is 0 Å². The zero-order valence-corrected chi connectivity index (χ0v) is 8.47. The zero-order valence-electron chi connectivity index (χ0n) is 6.90. The highest BCUT2D eigenvalue weighted by atomic mass is 35.7. The van der Waals surface area contributed by atoms with Crippen LogP contribution in [0.15, 0.2) is 23.2 Å². The van der Waals surface area contributed by atoms with Crippen molar-refractivity contribution in [2.75, 3.05) is 6.61 Å². The van der Waals surface area contributed by atoms with Crippen molar-refractivity contribution in [1.29, 1.82) is 0 Å². The van der Waals surface area contributed by atoms with Gasteiger partial charge >= 0.3 is 0 Å². The first kappa shape index (κ1) is 10.3. The average molecular weight is 222 g/mol. The molecule has 0 fully saturated rings. The summed E-state index contributed by atoms with van der Waals surface area (Å²) in [5.41, 5.74) is 0. The van der Waals surface area contributed by atoms with E-state index >= 15 is 0 Å². The summed E-state index contributed by atoms with van der Waals surface area (Å²) in [6.07, 6.45) is 1.16. The summed E-state index contributed by atoms with van der Waals surface area (Å²) in [6.45, 7) is 2.30. The Morgan fingerprint density at radius 2 is 2.23 bits per heavy atom. The number of hydrogen-bond donors (Lipinski definition) is 0. The molecule has 0 radical (unpaired) electrons. The maximum Gasteiger partial charge on any atom is 0.262 e. The minimum Gasteiger partial charge on any atom is -0.478 e. The van der Waals surface area contributed by atoms with Crippen LogP contribution in [-0.4, -0.2) is 20.0 Å². The second-order valence-corrected chi connectivity index (χ2v) is 4.77. The average Bonchev–Trinajstić information content (AvgIpc) is 2.04. The van der Waals surface area contributed by atoms with Gasteiger partial charge in [0.25, 0.3) is 9.05 Å². The van der Waals surface area contributed by atoms with Crippen LogP contribution < -0.4 is 4.74 Å². The molecule has 0 bridgehead atoms. The van der Waals surface area contributed by atoms with E-state index in [0.717, 1.165) is 6.20 Å². The predicted molar refractivity (Wildman–Crippen MR) is 48.4 cm³/mol. The van der Waals surface area contributed by atoms with E-state index in [0.29, 0.717) is 12.5 Å². The molecule has 0 aliphatic carbocycles. The minimum atomic E-state index is -3.68. The van der Waals surface area contributed by atoms with E-state index < -0.39 is 9.05 Å². The molecular formula is C7H8ClNO3S. The van der Waals surface area contributed by atoms with Gasteiger partial charge in [-0.25, -0.2) is 13.4 Å². The number of halogens is 1. The maximum atomic E-state index is 10.8. The molecule has 13 heavy (non-hydrogen) atoms. The second kappa shape index (κ2) is 3.93. The molecule has 0 spiro atoms. The summed E-state index contributed by atoms with van der Waals surface area (Å²) in [7, 11) is 1.40. The van der Waals surface area contributed by atoms with Crippen LogP contribution in [0.5, 0.6) is 5.88 Å². The van der Waals surface area contributed by atoms with Crippen molar-refractivity contribution in [2.24, 2.45) is 0 Å². The Kier molecular flexibility index (Phi) is 3.11. The summed E-state index contributed by atoms with van der Waals surface area (Å²) in [6, 6.07) is 2.80. The molecule has 0 atom stereocenters. The van der Waals surface area contributed by atoms with Gasteiger partial charge in [-0.15, -0.1) is 0 Å². The number of pyridine rings is 1. The Bertz CT molecular complexity index is 373. The molecule has 0 saturated carbocycles. The van der Waals surface area contributed by atoms with Gasteiger partial charge in [-0.3, -0.25) is 0 Å². The molecule has 0 aliphatic heterocycles. The first-order valence-corrected chi connectivity index (χ1v) is 5.88. The molecular weight excluding hydrogens is 214 g/mol. The molecule has 0 unspecified atom stereocenters. The van der Waals surface area contributed by atoms with Crippen LogP contribution in [0.4, 0.5) is 0 Å². The highest BCUT2D eigenvalue weighted by Crippen LogP contribution is 2.15. The van der Waals surface area contributed by atoms with Gasteiger partial charge in [-0.2, -0.15) is 0 Å². The molecule has 1 aromatic rings. The number of hydrogen-bond acceptors (Lipinski definition) is 4. The highest BCUT2D eigenvalue weighted by Gasteiger charge is 2.09. The van der Waals surface area contributed by atoms with E-state index in [2.05, 4.69) is 4.98 Å². The quantitative estimate of drug-likeness (QED) is 0.725. The molecule has 1 rings (SSSR count). The summed E-state index contributed by atoms with van der Waals surface area (Å²) in [5, 5.41) is 0. The molecule has 0 saturated heterocycles. The Balaban J connectivity index is 2.94. The molecule has 72 valence electrons. The van der Waals surface area contributed by atoms with Crippen LogP contribution in [0.2, 0.25) is 0 Å². The summed E-state index contributed by atoms with van der Waals surface area (Å²) >= 11 is 0. The number of nitrogens with zero attached hydrogens (tertiary/aromatic N) is 1. The smallest absolute Gasteiger partial charge is 0.262 e. The van der Waals surface area contributed by atoms with Crippen molar-refractivity contribution in [3.05, 3.63) is 18.3 Å².